The average Bonchev–Trinajstić information content (AvgIpc) is 2.77. The van der Waals surface area contributed by atoms with Gasteiger partial charge >= 0.3 is 0 Å². The maximum absolute atomic E-state index is 12.0. The fourth-order valence-electron chi connectivity index (χ4n) is 2.54. The molecule has 3 rings (SSSR count). The Labute approximate surface area is 200 Å². The number of ether oxygens (including phenoxy) is 1. The van der Waals surface area contributed by atoms with E-state index >= 15 is 0 Å². The topological polar surface area (TPSA) is 79.8 Å². The molecule has 0 unspecified atom stereocenters. The summed E-state index contributed by atoms with van der Waals surface area (Å²) < 4.78 is 5.72. The summed E-state index contributed by atoms with van der Waals surface area (Å²) in [5.74, 6) is -0.361. The smallest absolute Gasteiger partial charge is 0.249 e. The molecule has 0 aliphatic rings. The summed E-state index contributed by atoms with van der Waals surface area (Å²) in [5.41, 5.74) is 4.52. The highest BCUT2D eigenvalue weighted by atomic mass is 35.5. The molecule has 3 aromatic carbocycles. The lowest BCUT2D eigenvalue weighted by atomic mass is 10.2. The second-order valence-corrected chi connectivity index (χ2v) is 7.88. The summed E-state index contributed by atoms with van der Waals surface area (Å²) in [6, 6.07) is 19.2. The molecule has 0 saturated carbocycles. The summed E-state index contributed by atoms with van der Waals surface area (Å²) in [6.07, 6.45) is 1.08. The first-order chi connectivity index (χ1) is 15.4. The van der Waals surface area contributed by atoms with Crippen molar-refractivity contribution in [2.75, 3.05) is 5.32 Å². The van der Waals surface area contributed by atoms with Crippen LogP contribution in [0.4, 0.5) is 5.69 Å². The van der Waals surface area contributed by atoms with E-state index in [0.29, 0.717) is 33.1 Å². The Balaban J connectivity index is 1.42. The molecule has 0 bridgehead atoms. The van der Waals surface area contributed by atoms with Gasteiger partial charge in [-0.2, -0.15) is 5.10 Å². The molecule has 0 aromatic heterocycles. The number of rotatable bonds is 8. The van der Waals surface area contributed by atoms with Crippen LogP contribution in [0, 0.1) is 0 Å². The molecule has 3 aromatic rings. The van der Waals surface area contributed by atoms with E-state index in [1.807, 2.05) is 24.3 Å². The monoisotopic (exact) mass is 489 g/mol. The Kier molecular flexibility index (Phi) is 8.50. The highest BCUT2D eigenvalue weighted by Crippen LogP contribution is 2.25. The van der Waals surface area contributed by atoms with Crippen LogP contribution in [0.1, 0.15) is 17.5 Å². The predicted octanol–water partition coefficient (Wildman–Crippen LogP) is 5.70. The lowest BCUT2D eigenvalue weighted by Gasteiger charge is -2.07. The molecule has 9 heteroatoms. The van der Waals surface area contributed by atoms with Gasteiger partial charge in [-0.1, -0.05) is 46.9 Å². The van der Waals surface area contributed by atoms with Gasteiger partial charge in [0.15, 0.2) is 0 Å². The number of carbonyl (C=O) groups excluding carboxylic acids is 2. The van der Waals surface area contributed by atoms with Crippen LogP contribution in [0.25, 0.3) is 0 Å². The van der Waals surface area contributed by atoms with E-state index in [0.717, 1.165) is 11.1 Å². The van der Waals surface area contributed by atoms with Crippen LogP contribution in [0.15, 0.2) is 71.8 Å². The van der Waals surface area contributed by atoms with Crippen molar-refractivity contribution in [1.29, 1.82) is 0 Å². The second kappa shape index (κ2) is 11.5. The van der Waals surface area contributed by atoms with Crippen molar-refractivity contribution < 1.29 is 14.3 Å². The number of amides is 2. The molecule has 0 aliphatic carbocycles. The third-order valence-electron chi connectivity index (χ3n) is 4.13. The zero-order valence-corrected chi connectivity index (χ0v) is 18.9. The number of nitrogens with one attached hydrogen (secondary N) is 2. The number of hydrazone groups is 1. The van der Waals surface area contributed by atoms with Crippen LogP contribution in [0.3, 0.4) is 0 Å². The summed E-state index contributed by atoms with van der Waals surface area (Å²) in [7, 11) is 0. The Bertz CT molecular complexity index is 1120. The van der Waals surface area contributed by atoms with Gasteiger partial charge in [0.25, 0.3) is 0 Å². The molecular formula is C23H18Cl3N3O3. The first-order valence-corrected chi connectivity index (χ1v) is 10.6. The van der Waals surface area contributed by atoms with E-state index in [4.69, 9.17) is 39.5 Å². The van der Waals surface area contributed by atoms with Gasteiger partial charge in [0, 0.05) is 10.7 Å². The van der Waals surface area contributed by atoms with Crippen LogP contribution in [-0.4, -0.2) is 18.0 Å². The highest BCUT2D eigenvalue weighted by Gasteiger charge is 2.10. The van der Waals surface area contributed by atoms with Crippen LogP contribution in [-0.2, 0) is 16.2 Å². The van der Waals surface area contributed by atoms with Crippen molar-refractivity contribution in [3.8, 4) is 5.75 Å². The Morgan fingerprint density at radius 2 is 1.59 bits per heavy atom. The highest BCUT2D eigenvalue weighted by molar-refractivity contribution is 6.42. The van der Waals surface area contributed by atoms with Crippen molar-refractivity contribution in [2.24, 2.45) is 5.10 Å². The first-order valence-electron chi connectivity index (χ1n) is 9.43. The predicted molar refractivity (Wildman–Crippen MR) is 128 cm³/mol. The van der Waals surface area contributed by atoms with E-state index in [9.17, 15) is 9.59 Å². The number of nitrogens with zero attached hydrogens (tertiary/aromatic N) is 1. The van der Waals surface area contributed by atoms with Crippen LogP contribution in [0.2, 0.25) is 15.1 Å². The van der Waals surface area contributed by atoms with Crippen LogP contribution in [0.5, 0.6) is 5.75 Å². The van der Waals surface area contributed by atoms with Gasteiger partial charge in [0.05, 0.1) is 16.3 Å². The number of hydrogen-bond acceptors (Lipinski definition) is 4. The van der Waals surface area contributed by atoms with Gasteiger partial charge in [0.1, 0.15) is 18.8 Å². The molecule has 0 aliphatic heterocycles. The number of halogens is 3. The van der Waals surface area contributed by atoms with Gasteiger partial charge in [-0.15, -0.1) is 0 Å². The summed E-state index contributed by atoms with van der Waals surface area (Å²) >= 11 is 17.6. The van der Waals surface area contributed by atoms with E-state index in [1.165, 1.54) is 12.3 Å². The Morgan fingerprint density at radius 1 is 0.875 bits per heavy atom. The van der Waals surface area contributed by atoms with Crippen molar-refractivity contribution >= 4 is 58.5 Å². The molecule has 0 heterocycles. The molecule has 2 N–H and O–H groups in total. The Morgan fingerprint density at radius 3 is 2.28 bits per heavy atom. The number of benzene rings is 3. The SMILES string of the molecule is O=C(CC(=O)Nc1ccc(Cl)c(Cl)c1)N/N=C/c1ccc(OCc2ccc(Cl)cc2)cc1. The third kappa shape index (κ3) is 7.57. The fourth-order valence-corrected chi connectivity index (χ4v) is 2.96. The largest absolute Gasteiger partial charge is 0.489 e. The zero-order chi connectivity index (χ0) is 22.9. The van der Waals surface area contributed by atoms with Gasteiger partial charge in [0.2, 0.25) is 11.8 Å². The molecule has 0 atom stereocenters. The van der Waals surface area contributed by atoms with Gasteiger partial charge in [-0.25, -0.2) is 5.43 Å². The van der Waals surface area contributed by atoms with Crippen LogP contribution >= 0.6 is 34.8 Å². The van der Waals surface area contributed by atoms with Crippen LogP contribution < -0.4 is 15.5 Å². The van der Waals surface area contributed by atoms with E-state index in [-0.39, 0.29) is 0 Å². The normalized spacial score (nSPS) is 10.7. The van der Waals surface area contributed by atoms with E-state index < -0.39 is 18.2 Å². The van der Waals surface area contributed by atoms with Gasteiger partial charge in [-0.3, -0.25) is 9.59 Å². The van der Waals surface area contributed by atoms with Crippen molar-refractivity contribution in [3.05, 3.63) is 92.9 Å². The zero-order valence-electron chi connectivity index (χ0n) is 16.6. The summed E-state index contributed by atoms with van der Waals surface area (Å²) in [5, 5.41) is 7.78. The molecular weight excluding hydrogens is 473 g/mol. The number of carbonyl (C=O) groups is 2. The molecule has 0 spiro atoms. The number of anilines is 1. The summed E-state index contributed by atoms with van der Waals surface area (Å²) in [6.45, 7) is 0.422. The minimum atomic E-state index is -0.554. The van der Waals surface area contributed by atoms with Crippen molar-refractivity contribution in [1.82, 2.24) is 5.43 Å². The fraction of sp³-hybridized carbons (Fsp3) is 0.0870. The molecule has 0 saturated heterocycles. The average molecular weight is 491 g/mol. The molecule has 6 nitrogen and oxygen atoms in total. The Hall–Kier alpha value is -3.06. The van der Waals surface area contributed by atoms with Crippen molar-refractivity contribution in [3.63, 3.8) is 0 Å². The van der Waals surface area contributed by atoms with E-state index in [2.05, 4.69) is 15.8 Å². The maximum atomic E-state index is 12.0. The lowest BCUT2D eigenvalue weighted by Crippen LogP contribution is -2.24. The first kappa shape index (κ1) is 23.6. The summed E-state index contributed by atoms with van der Waals surface area (Å²) in [4.78, 5) is 23.8. The molecule has 164 valence electrons. The minimum absolute atomic E-state index is 0.305. The molecule has 0 fully saturated rings. The second-order valence-electron chi connectivity index (χ2n) is 6.63. The standard InChI is InChI=1S/C23H18Cl3N3O3/c24-17-5-1-16(2-6-17)14-32-19-8-3-15(4-9-19)13-27-29-23(31)12-22(30)28-18-7-10-20(25)21(26)11-18/h1-11,13H,12,14H2,(H,28,30)(H,29,31)/b27-13+. The maximum Gasteiger partial charge on any atom is 0.249 e. The molecule has 32 heavy (non-hydrogen) atoms. The minimum Gasteiger partial charge on any atom is -0.489 e. The lowest BCUT2D eigenvalue weighted by molar-refractivity contribution is -0.126. The van der Waals surface area contributed by atoms with Crippen molar-refractivity contribution in [2.45, 2.75) is 13.0 Å². The third-order valence-corrected chi connectivity index (χ3v) is 5.12. The molecule has 2 amide bonds. The number of hydrogen-bond donors (Lipinski definition) is 2. The van der Waals surface area contributed by atoms with Gasteiger partial charge < -0.3 is 10.1 Å². The molecule has 0 radical (unpaired) electrons. The van der Waals surface area contributed by atoms with E-state index in [1.54, 1.807) is 36.4 Å². The quantitative estimate of drug-likeness (QED) is 0.241. The van der Waals surface area contributed by atoms with Gasteiger partial charge in [-0.05, 0) is 65.7 Å².